The average molecular weight is 239 g/mol. The highest BCUT2D eigenvalue weighted by molar-refractivity contribution is 5.87. The van der Waals surface area contributed by atoms with Crippen LogP contribution in [0.25, 0.3) is 0 Å². The van der Waals surface area contributed by atoms with Crippen molar-refractivity contribution in [2.45, 2.75) is 0 Å². The van der Waals surface area contributed by atoms with Gasteiger partial charge in [-0.1, -0.05) is 0 Å². The predicted molar refractivity (Wildman–Crippen MR) is 58.1 cm³/mol. The first kappa shape index (κ1) is 11.6. The molecular formula is C10H13N3O4. The van der Waals surface area contributed by atoms with E-state index >= 15 is 0 Å². The Balaban J connectivity index is 2.27. The molecule has 7 nitrogen and oxygen atoms in total. The molecule has 0 radical (unpaired) electrons. The zero-order valence-electron chi connectivity index (χ0n) is 9.42. The van der Waals surface area contributed by atoms with Gasteiger partial charge < -0.3 is 19.5 Å². The number of morpholine rings is 1. The highest BCUT2D eigenvalue weighted by atomic mass is 16.5. The quantitative estimate of drug-likeness (QED) is 0.715. The van der Waals surface area contributed by atoms with Gasteiger partial charge in [0.2, 0.25) is 11.8 Å². The number of esters is 1. The van der Waals surface area contributed by atoms with Gasteiger partial charge in [-0.3, -0.25) is 0 Å². The lowest BCUT2D eigenvalue weighted by atomic mass is 10.4. The fourth-order valence-electron chi connectivity index (χ4n) is 1.54. The number of carbonyl (C=O) groups excluding carboxylic acids is 1. The van der Waals surface area contributed by atoms with Crippen molar-refractivity contribution in [3.05, 3.63) is 11.8 Å². The normalized spacial score (nSPS) is 15.7. The molecule has 0 atom stereocenters. The van der Waals surface area contributed by atoms with E-state index in [2.05, 4.69) is 14.7 Å². The van der Waals surface area contributed by atoms with Crippen LogP contribution in [-0.2, 0) is 9.47 Å². The molecule has 1 saturated heterocycles. The highest BCUT2D eigenvalue weighted by Crippen LogP contribution is 2.16. The van der Waals surface area contributed by atoms with Crippen LogP contribution in [0.2, 0.25) is 0 Å². The van der Waals surface area contributed by atoms with E-state index < -0.39 is 5.97 Å². The van der Waals surface area contributed by atoms with Crippen molar-refractivity contribution in [1.82, 2.24) is 9.97 Å². The molecule has 0 unspecified atom stereocenters. The average Bonchev–Trinajstić information content (AvgIpc) is 2.38. The summed E-state index contributed by atoms with van der Waals surface area (Å²) in [7, 11) is 1.26. The van der Waals surface area contributed by atoms with Crippen LogP contribution in [0.5, 0.6) is 5.88 Å². The van der Waals surface area contributed by atoms with Gasteiger partial charge in [-0.25, -0.2) is 9.78 Å². The van der Waals surface area contributed by atoms with Crippen LogP contribution in [0.1, 0.15) is 10.5 Å². The van der Waals surface area contributed by atoms with Crippen molar-refractivity contribution in [3.8, 4) is 5.88 Å². The molecule has 0 aliphatic carbocycles. The van der Waals surface area contributed by atoms with Crippen molar-refractivity contribution < 1.29 is 19.4 Å². The SMILES string of the molecule is COC(=O)c1cc(O)nc(N2CCOCC2)n1. The van der Waals surface area contributed by atoms with Gasteiger partial charge in [0.25, 0.3) is 0 Å². The molecule has 0 bridgehead atoms. The molecule has 0 saturated carbocycles. The molecule has 1 aromatic heterocycles. The zero-order chi connectivity index (χ0) is 12.3. The standard InChI is InChI=1S/C10H13N3O4/c1-16-9(15)7-6-8(14)12-10(11-7)13-2-4-17-5-3-13/h6H,2-5H2,1H3,(H,11,12,14). The van der Waals surface area contributed by atoms with Crippen molar-refractivity contribution >= 4 is 11.9 Å². The lowest BCUT2D eigenvalue weighted by molar-refractivity contribution is 0.0593. The number of rotatable bonds is 2. The summed E-state index contributed by atoms with van der Waals surface area (Å²) in [5, 5.41) is 9.45. The van der Waals surface area contributed by atoms with Crippen molar-refractivity contribution in [3.63, 3.8) is 0 Å². The number of carbonyl (C=O) groups is 1. The molecule has 0 aromatic carbocycles. The van der Waals surface area contributed by atoms with Crippen LogP contribution in [-0.4, -0.2) is 54.5 Å². The number of ether oxygens (including phenoxy) is 2. The molecule has 2 rings (SSSR count). The first-order valence-corrected chi connectivity index (χ1v) is 5.20. The summed E-state index contributed by atoms with van der Waals surface area (Å²) in [5.41, 5.74) is 0.0430. The van der Waals surface area contributed by atoms with Gasteiger partial charge in [0.05, 0.1) is 20.3 Å². The van der Waals surface area contributed by atoms with E-state index in [4.69, 9.17) is 4.74 Å². The van der Waals surface area contributed by atoms with Crippen LogP contribution >= 0.6 is 0 Å². The monoisotopic (exact) mass is 239 g/mol. The first-order valence-electron chi connectivity index (χ1n) is 5.20. The Kier molecular flexibility index (Phi) is 3.38. The molecule has 1 fully saturated rings. The molecule has 92 valence electrons. The highest BCUT2D eigenvalue weighted by Gasteiger charge is 2.18. The maximum absolute atomic E-state index is 11.3. The number of aromatic hydroxyl groups is 1. The molecule has 1 aliphatic rings. The Morgan fingerprint density at radius 3 is 2.82 bits per heavy atom. The Morgan fingerprint density at radius 1 is 1.47 bits per heavy atom. The second kappa shape index (κ2) is 4.96. The largest absolute Gasteiger partial charge is 0.493 e. The number of anilines is 1. The van der Waals surface area contributed by atoms with Crippen LogP contribution in [0.3, 0.4) is 0 Å². The smallest absolute Gasteiger partial charge is 0.357 e. The van der Waals surface area contributed by atoms with E-state index in [0.717, 1.165) is 0 Å². The van der Waals surface area contributed by atoms with E-state index in [1.165, 1.54) is 13.2 Å². The minimum Gasteiger partial charge on any atom is -0.493 e. The molecule has 0 amide bonds. The second-order valence-electron chi connectivity index (χ2n) is 3.50. The zero-order valence-corrected chi connectivity index (χ0v) is 9.42. The lowest BCUT2D eigenvalue weighted by Crippen LogP contribution is -2.37. The molecule has 1 aliphatic heterocycles. The molecule has 17 heavy (non-hydrogen) atoms. The summed E-state index contributed by atoms with van der Waals surface area (Å²) in [4.78, 5) is 21.1. The predicted octanol–water partition coefficient (Wildman–Crippen LogP) is -0.195. The minimum absolute atomic E-state index is 0.0430. The van der Waals surface area contributed by atoms with Crippen molar-refractivity contribution in [2.24, 2.45) is 0 Å². The molecule has 7 heteroatoms. The van der Waals surface area contributed by atoms with E-state index in [1.807, 2.05) is 4.90 Å². The third-order valence-corrected chi connectivity index (χ3v) is 2.39. The van der Waals surface area contributed by atoms with E-state index in [9.17, 15) is 9.90 Å². The van der Waals surface area contributed by atoms with Gasteiger partial charge >= 0.3 is 5.97 Å². The van der Waals surface area contributed by atoms with Gasteiger partial charge in [-0.05, 0) is 0 Å². The van der Waals surface area contributed by atoms with Crippen LogP contribution in [0.4, 0.5) is 5.95 Å². The Hall–Kier alpha value is -1.89. The van der Waals surface area contributed by atoms with Crippen LogP contribution < -0.4 is 4.90 Å². The summed E-state index contributed by atoms with van der Waals surface area (Å²) >= 11 is 0. The minimum atomic E-state index is -0.600. The van der Waals surface area contributed by atoms with E-state index in [0.29, 0.717) is 32.3 Å². The molecule has 0 spiro atoms. The summed E-state index contributed by atoms with van der Waals surface area (Å²) in [6.07, 6.45) is 0. The maximum atomic E-state index is 11.3. The van der Waals surface area contributed by atoms with E-state index in [1.54, 1.807) is 0 Å². The maximum Gasteiger partial charge on any atom is 0.357 e. The molecule has 1 N–H and O–H groups in total. The fourth-order valence-corrected chi connectivity index (χ4v) is 1.54. The van der Waals surface area contributed by atoms with Gasteiger partial charge in [-0.15, -0.1) is 0 Å². The Bertz CT molecular complexity index is 418. The summed E-state index contributed by atoms with van der Waals surface area (Å²) in [6.45, 7) is 2.41. The summed E-state index contributed by atoms with van der Waals surface area (Å²) < 4.78 is 9.75. The number of methoxy groups -OCH3 is 1. The fraction of sp³-hybridized carbons (Fsp3) is 0.500. The third-order valence-electron chi connectivity index (χ3n) is 2.39. The summed E-state index contributed by atoms with van der Waals surface area (Å²) in [5.74, 6) is -0.534. The third kappa shape index (κ3) is 2.62. The number of hydrogen-bond acceptors (Lipinski definition) is 7. The topological polar surface area (TPSA) is 84.8 Å². The molecular weight excluding hydrogens is 226 g/mol. The van der Waals surface area contributed by atoms with Gasteiger partial charge in [0.15, 0.2) is 5.69 Å². The Morgan fingerprint density at radius 2 is 2.18 bits per heavy atom. The van der Waals surface area contributed by atoms with Gasteiger partial charge in [-0.2, -0.15) is 4.98 Å². The van der Waals surface area contributed by atoms with Gasteiger partial charge in [0, 0.05) is 19.2 Å². The van der Waals surface area contributed by atoms with Crippen molar-refractivity contribution in [2.75, 3.05) is 38.3 Å². The number of aromatic nitrogens is 2. The first-order chi connectivity index (χ1) is 8.20. The van der Waals surface area contributed by atoms with E-state index in [-0.39, 0.29) is 11.6 Å². The lowest BCUT2D eigenvalue weighted by Gasteiger charge is -2.26. The number of nitrogens with zero attached hydrogens (tertiary/aromatic N) is 3. The van der Waals surface area contributed by atoms with Crippen LogP contribution in [0.15, 0.2) is 6.07 Å². The number of hydrogen-bond donors (Lipinski definition) is 1. The van der Waals surface area contributed by atoms with Crippen LogP contribution in [0, 0.1) is 0 Å². The van der Waals surface area contributed by atoms with Gasteiger partial charge in [0.1, 0.15) is 0 Å². The molecule has 1 aromatic rings. The van der Waals surface area contributed by atoms with Crippen molar-refractivity contribution in [1.29, 1.82) is 0 Å². The molecule has 2 heterocycles. The Labute approximate surface area is 98.0 Å². The summed E-state index contributed by atoms with van der Waals surface area (Å²) in [6, 6.07) is 1.18. The second-order valence-corrected chi connectivity index (χ2v) is 3.50.